The minimum absolute atomic E-state index is 0.217. The van der Waals surface area contributed by atoms with Crippen LogP contribution in [-0.4, -0.2) is 47.3 Å². The van der Waals surface area contributed by atoms with E-state index in [9.17, 15) is 4.79 Å². The fraction of sp³-hybridized carbons (Fsp3) is 0.474. The third-order valence-corrected chi connectivity index (χ3v) is 4.19. The number of fused-ring (bicyclic) bond motifs is 1. The van der Waals surface area contributed by atoms with Crippen molar-refractivity contribution in [2.75, 3.05) is 24.5 Å². The topological polar surface area (TPSA) is 45.7 Å². The first-order valence-electron chi connectivity index (χ1n) is 8.43. The molecule has 0 aliphatic carbocycles. The normalized spacial score (nSPS) is 18.8. The molecule has 5 heteroatoms. The summed E-state index contributed by atoms with van der Waals surface area (Å²) in [5, 5.41) is 1.14. The highest BCUT2D eigenvalue weighted by Crippen LogP contribution is 2.24. The molecular formula is C19H25N3O2. The van der Waals surface area contributed by atoms with Gasteiger partial charge in [-0.3, -0.25) is 4.98 Å². The summed E-state index contributed by atoms with van der Waals surface area (Å²) >= 11 is 0. The molecule has 1 aliphatic rings. The van der Waals surface area contributed by atoms with Gasteiger partial charge in [0.2, 0.25) is 0 Å². The van der Waals surface area contributed by atoms with Crippen LogP contribution in [0, 0.1) is 0 Å². The van der Waals surface area contributed by atoms with Gasteiger partial charge in [0.25, 0.3) is 0 Å². The van der Waals surface area contributed by atoms with E-state index < -0.39 is 5.60 Å². The van der Waals surface area contributed by atoms with E-state index in [0.29, 0.717) is 13.1 Å². The molecule has 1 atom stereocenters. The summed E-state index contributed by atoms with van der Waals surface area (Å²) in [6, 6.07) is 10.5. The van der Waals surface area contributed by atoms with Crippen LogP contribution in [0.25, 0.3) is 10.9 Å². The van der Waals surface area contributed by atoms with Crippen LogP contribution in [0.1, 0.15) is 27.7 Å². The van der Waals surface area contributed by atoms with Crippen molar-refractivity contribution < 1.29 is 9.53 Å². The van der Waals surface area contributed by atoms with Crippen LogP contribution in [0.3, 0.4) is 0 Å². The summed E-state index contributed by atoms with van der Waals surface area (Å²) in [7, 11) is 0. The monoisotopic (exact) mass is 327 g/mol. The largest absolute Gasteiger partial charge is 0.444 e. The number of para-hydroxylation sites is 1. The molecule has 3 rings (SSSR count). The van der Waals surface area contributed by atoms with E-state index in [1.807, 2.05) is 45.2 Å². The van der Waals surface area contributed by atoms with E-state index in [1.165, 1.54) is 0 Å². The molecule has 0 radical (unpaired) electrons. The standard InChI is InChI=1S/C19H25N3O2/c1-14-13-21(18(23)24-19(2,3)4)9-10-22(14)16-11-15-7-5-6-8-17(15)20-12-16/h5-8,11-12,14H,9-10,13H2,1-4H3. The molecule has 0 N–H and O–H groups in total. The molecule has 0 bridgehead atoms. The molecule has 1 aliphatic heterocycles. The van der Waals surface area contributed by atoms with Gasteiger partial charge in [0.15, 0.2) is 0 Å². The van der Waals surface area contributed by atoms with Crippen molar-refractivity contribution in [2.24, 2.45) is 0 Å². The second-order valence-corrected chi connectivity index (χ2v) is 7.35. The molecule has 1 amide bonds. The van der Waals surface area contributed by atoms with Gasteiger partial charge in [-0.05, 0) is 39.8 Å². The van der Waals surface area contributed by atoms with Gasteiger partial charge < -0.3 is 14.5 Å². The Morgan fingerprint density at radius 1 is 1.25 bits per heavy atom. The van der Waals surface area contributed by atoms with Crippen LogP contribution < -0.4 is 4.90 Å². The number of rotatable bonds is 1. The number of aromatic nitrogens is 1. The lowest BCUT2D eigenvalue weighted by atomic mass is 10.1. The van der Waals surface area contributed by atoms with E-state index in [2.05, 4.69) is 28.9 Å². The summed E-state index contributed by atoms with van der Waals surface area (Å²) in [5.74, 6) is 0. The molecule has 128 valence electrons. The number of anilines is 1. The van der Waals surface area contributed by atoms with Crippen molar-refractivity contribution in [1.29, 1.82) is 0 Å². The lowest BCUT2D eigenvalue weighted by molar-refractivity contribution is 0.0219. The van der Waals surface area contributed by atoms with Gasteiger partial charge in [-0.15, -0.1) is 0 Å². The molecule has 2 heterocycles. The Balaban J connectivity index is 1.72. The van der Waals surface area contributed by atoms with Gasteiger partial charge in [0.05, 0.1) is 17.4 Å². The maximum Gasteiger partial charge on any atom is 0.410 e. The second kappa shape index (κ2) is 6.30. The van der Waals surface area contributed by atoms with Gasteiger partial charge >= 0.3 is 6.09 Å². The van der Waals surface area contributed by atoms with Crippen LogP contribution in [-0.2, 0) is 4.74 Å². The van der Waals surface area contributed by atoms with Gasteiger partial charge in [0.1, 0.15) is 5.60 Å². The maximum absolute atomic E-state index is 12.3. The number of pyridine rings is 1. The predicted molar refractivity (Wildman–Crippen MR) is 96.4 cm³/mol. The van der Waals surface area contributed by atoms with Crippen molar-refractivity contribution in [3.63, 3.8) is 0 Å². The Morgan fingerprint density at radius 2 is 2.00 bits per heavy atom. The minimum atomic E-state index is -0.459. The van der Waals surface area contributed by atoms with E-state index >= 15 is 0 Å². The van der Waals surface area contributed by atoms with Gasteiger partial charge in [0, 0.05) is 31.1 Å². The van der Waals surface area contributed by atoms with E-state index in [0.717, 1.165) is 23.1 Å². The van der Waals surface area contributed by atoms with Crippen molar-refractivity contribution >= 4 is 22.7 Å². The molecule has 1 aromatic heterocycles. The zero-order chi connectivity index (χ0) is 17.3. The number of carbonyl (C=O) groups excluding carboxylic acids is 1. The van der Waals surface area contributed by atoms with Crippen LogP contribution in [0.4, 0.5) is 10.5 Å². The highest BCUT2D eigenvalue weighted by Gasteiger charge is 2.30. The first-order chi connectivity index (χ1) is 11.3. The second-order valence-electron chi connectivity index (χ2n) is 7.35. The van der Waals surface area contributed by atoms with Crippen molar-refractivity contribution in [3.05, 3.63) is 36.5 Å². The number of carbonyl (C=O) groups is 1. The quantitative estimate of drug-likeness (QED) is 0.801. The van der Waals surface area contributed by atoms with Crippen LogP contribution in [0.5, 0.6) is 0 Å². The van der Waals surface area contributed by atoms with E-state index in [1.54, 1.807) is 4.90 Å². The number of piperazine rings is 1. The summed E-state index contributed by atoms with van der Waals surface area (Å²) in [6.45, 7) is 9.90. The molecule has 1 unspecified atom stereocenters. The minimum Gasteiger partial charge on any atom is -0.444 e. The zero-order valence-corrected chi connectivity index (χ0v) is 14.8. The third kappa shape index (κ3) is 3.61. The molecule has 0 spiro atoms. The summed E-state index contributed by atoms with van der Waals surface area (Å²) in [6.07, 6.45) is 1.69. The summed E-state index contributed by atoms with van der Waals surface area (Å²) in [5.41, 5.74) is 1.64. The third-order valence-electron chi connectivity index (χ3n) is 4.19. The average Bonchev–Trinajstić information content (AvgIpc) is 2.52. The van der Waals surface area contributed by atoms with Crippen molar-refractivity contribution in [3.8, 4) is 0 Å². The van der Waals surface area contributed by atoms with E-state index in [-0.39, 0.29) is 12.1 Å². The van der Waals surface area contributed by atoms with Crippen LogP contribution >= 0.6 is 0 Å². The number of benzene rings is 1. The van der Waals surface area contributed by atoms with Gasteiger partial charge in [-0.1, -0.05) is 18.2 Å². The lowest BCUT2D eigenvalue weighted by Gasteiger charge is -2.41. The summed E-state index contributed by atoms with van der Waals surface area (Å²) in [4.78, 5) is 20.9. The highest BCUT2D eigenvalue weighted by atomic mass is 16.6. The van der Waals surface area contributed by atoms with Crippen LogP contribution in [0.15, 0.2) is 36.5 Å². The fourth-order valence-corrected chi connectivity index (χ4v) is 3.05. The number of amides is 1. The molecule has 2 aromatic rings. The molecule has 0 saturated carbocycles. The average molecular weight is 327 g/mol. The smallest absolute Gasteiger partial charge is 0.410 e. The Morgan fingerprint density at radius 3 is 2.71 bits per heavy atom. The molecule has 1 aromatic carbocycles. The number of nitrogens with zero attached hydrogens (tertiary/aromatic N) is 3. The van der Waals surface area contributed by atoms with E-state index in [4.69, 9.17) is 4.74 Å². The Kier molecular flexibility index (Phi) is 4.35. The first-order valence-corrected chi connectivity index (χ1v) is 8.43. The number of hydrogen-bond donors (Lipinski definition) is 0. The molecule has 24 heavy (non-hydrogen) atoms. The Hall–Kier alpha value is -2.30. The fourth-order valence-electron chi connectivity index (χ4n) is 3.05. The summed E-state index contributed by atoms with van der Waals surface area (Å²) < 4.78 is 5.48. The molecule has 5 nitrogen and oxygen atoms in total. The maximum atomic E-state index is 12.3. The number of hydrogen-bond acceptors (Lipinski definition) is 4. The SMILES string of the molecule is CC1CN(C(=O)OC(C)(C)C)CCN1c1cnc2ccccc2c1. The van der Waals surface area contributed by atoms with Gasteiger partial charge in [-0.25, -0.2) is 4.79 Å². The molecular weight excluding hydrogens is 302 g/mol. The predicted octanol–water partition coefficient (Wildman–Crippen LogP) is 3.68. The Bertz CT molecular complexity index is 739. The number of ether oxygens (including phenoxy) is 1. The molecule has 1 fully saturated rings. The zero-order valence-electron chi connectivity index (χ0n) is 14.8. The van der Waals surface area contributed by atoms with Crippen LogP contribution in [0.2, 0.25) is 0 Å². The van der Waals surface area contributed by atoms with Crippen molar-refractivity contribution in [2.45, 2.75) is 39.3 Å². The molecule has 1 saturated heterocycles. The highest BCUT2D eigenvalue weighted by molar-refractivity contribution is 5.81. The van der Waals surface area contributed by atoms with Gasteiger partial charge in [-0.2, -0.15) is 0 Å². The lowest BCUT2D eigenvalue weighted by Crippen LogP contribution is -2.54. The first kappa shape index (κ1) is 16.6. The Labute approximate surface area is 143 Å². The van der Waals surface area contributed by atoms with Crippen molar-refractivity contribution in [1.82, 2.24) is 9.88 Å².